The summed E-state index contributed by atoms with van der Waals surface area (Å²) in [6, 6.07) is 6.04. The van der Waals surface area contributed by atoms with Gasteiger partial charge in [-0.2, -0.15) is 0 Å². The van der Waals surface area contributed by atoms with Crippen LogP contribution in [0.4, 0.5) is 0 Å². The van der Waals surface area contributed by atoms with Gasteiger partial charge in [-0.05, 0) is 69.3 Å². The highest BCUT2D eigenvalue weighted by Crippen LogP contribution is 2.42. The van der Waals surface area contributed by atoms with Crippen LogP contribution in [0.5, 0.6) is 5.75 Å². The highest BCUT2D eigenvalue weighted by molar-refractivity contribution is 5.44. The highest BCUT2D eigenvalue weighted by atomic mass is 16.3. The number of nitrogens with zero attached hydrogens (tertiary/aromatic N) is 1. The highest BCUT2D eigenvalue weighted by Gasteiger charge is 2.37. The van der Waals surface area contributed by atoms with Crippen LogP contribution in [0.2, 0.25) is 0 Å². The average molecular weight is 261 g/mol. The van der Waals surface area contributed by atoms with Crippen molar-refractivity contribution in [3.05, 3.63) is 29.3 Å². The molecule has 1 aromatic rings. The maximum absolute atomic E-state index is 10.1. The van der Waals surface area contributed by atoms with Gasteiger partial charge in [0.15, 0.2) is 0 Å². The molecule has 1 atom stereocenters. The van der Waals surface area contributed by atoms with Crippen molar-refractivity contribution in [3.8, 4) is 5.75 Å². The summed E-state index contributed by atoms with van der Waals surface area (Å²) in [5.74, 6) is 0.483. The van der Waals surface area contributed by atoms with Crippen molar-refractivity contribution in [3.63, 3.8) is 0 Å². The summed E-state index contributed by atoms with van der Waals surface area (Å²) in [6.07, 6.45) is 5.76. The first kappa shape index (κ1) is 14.4. The molecular formula is C17H27NO. The summed E-state index contributed by atoms with van der Waals surface area (Å²) in [7, 11) is 0. The van der Waals surface area contributed by atoms with Crippen LogP contribution in [0.1, 0.15) is 57.6 Å². The lowest BCUT2D eigenvalue weighted by molar-refractivity contribution is 0.0829. The Bertz CT molecular complexity index is 423. The molecule has 0 heterocycles. The molecule has 0 bridgehead atoms. The molecule has 19 heavy (non-hydrogen) atoms. The van der Waals surface area contributed by atoms with E-state index < -0.39 is 0 Å². The molecule has 1 N–H and O–H groups in total. The van der Waals surface area contributed by atoms with E-state index in [-0.39, 0.29) is 5.54 Å². The summed E-state index contributed by atoms with van der Waals surface area (Å²) < 4.78 is 0. The molecule has 0 amide bonds. The van der Waals surface area contributed by atoms with Gasteiger partial charge >= 0.3 is 0 Å². The third-order valence-electron chi connectivity index (χ3n) is 4.51. The van der Waals surface area contributed by atoms with E-state index in [1.807, 2.05) is 12.1 Å². The number of benzene rings is 1. The largest absolute Gasteiger partial charge is 0.508 e. The minimum absolute atomic E-state index is 0.0956. The van der Waals surface area contributed by atoms with Crippen LogP contribution in [0, 0.1) is 0 Å². The van der Waals surface area contributed by atoms with Crippen molar-refractivity contribution >= 4 is 0 Å². The van der Waals surface area contributed by atoms with Crippen molar-refractivity contribution < 1.29 is 5.11 Å². The number of phenols is 1. The van der Waals surface area contributed by atoms with Gasteiger partial charge in [-0.1, -0.05) is 26.0 Å². The number of fused-ring (bicyclic) bond motifs is 1. The molecule has 0 fully saturated rings. The van der Waals surface area contributed by atoms with Crippen molar-refractivity contribution in [1.29, 1.82) is 0 Å². The SMILES string of the molecule is CCCN(CCC)C1(C)CCCc2c(O)cccc21. The van der Waals surface area contributed by atoms with E-state index >= 15 is 0 Å². The molecule has 0 radical (unpaired) electrons. The minimum Gasteiger partial charge on any atom is -0.508 e. The minimum atomic E-state index is 0.0956. The number of hydrogen-bond acceptors (Lipinski definition) is 2. The first-order chi connectivity index (χ1) is 9.13. The van der Waals surface area contributed by atoms with Crippen molar-refractivity contribution in [2.75, 3.05) is 13.1 Å². The van der Waals surface area contributed by atoms with E-state index in [0.717, 1.165) is 19.5 Å². The summed E-state index contributed by atoms with van der Waals surface area (Å²) in [4.78, 5) is 2.62. The molecule has 1 unspecified atom stereocenters. The molecule has 0 saturated heterocycles. The number of aromatic hydroxyl groups is 1. The van der Waals surface area contributed by atoms with Crippen LogP contribution in [0.3, 0.4) is 0 Å². The lowest BCUT2D eigenvalue weighted by Gasteiger charge is -2.45. The Labute approximate surface area is 117 Å². The Morgan fingerprint density at radius 3 is 2.53 bits per heavy atom. The Hall–Kier alpha value is -1.02. The van der Waals surface area contributed by atoms with Crippen LogP contribution < -0.4 is 0 Å². The van der Waals surface area contributed by atoms with Gasteiger partial charge in [-0.15, -0.1) is 0 Å². The third-order valence-corrected chi connectivity index (χ3v) is 4.51. The standard InChI is InChI=1S/C17H27NO/c1-4-12-18(13-5-2)17(3)11-7-8-14-15(17)9-6-10-16(14)19/h6,9-10,19H,4-5,7-8,11-13H2,1-3H3. The Morgan fingerprint density at radius 1 is 1.21 bits per heavy atom. The molecule has 0 aromatic heterocycles. The molecular weight excluding hydrogens is 234 g/mol. The van der Waals surface area contributed by atoms with Crippen molar-refractivity contribution in [2.45, 2.75) is 58.4 Å². The monoisotopic (exact) mass is 261 g/mol. The van der Waals surface area contributed by atoms with E-state index in [4.69, 9.17) is 0 Å². The zero-order chi connectivity index (χ0) is 13.9. The zero-order valence-corrected chi connectivity index (χ0v) is 12.6. The van der Waals surface area contributed by atoms with E-state index in [2.05, 4.69) is 31.7 Å². The lowest BCUT2D eigenvalue weighted by atomic mass is 9.76. The fourth-order valence-electron chi connectivity index (χ4n) is 3.56. The normalized spacial score (nSPS) is 22.5. The summed E-state index contributed by atoms with van der Waals surface area (Å²) in [5, 5.41) is 10.1. The summed E-state index contributed by atoms with van der Waals surface area (Å²) in [6.45, 7) is 9.13. The summed E-state index contributed by atoms with van der Waals surface area (Å²) in [5.41, 5.74) is 2.62. The fourth-order valence-corrected chi connectivity index (χ4v) is 3.56. The lowest BCUT2D eigenvalue weighted by Crippen LogP contribution is -2.46. The van der Waals surface area contributed by atoms with Gasteiger partial charge in [0.2, 0.25) is 0 Å². The maximum Gasteiger partial charge on any atom is 0.119 e. The molecule has 2 nitrogen and oxygen atoms in total. The second-order valence-electron chi connectivity index (χ2n) is 5.92. The van der Waals surface area contributed by atoms with E-state index in [0.29, 0.717) is 5.75 Å². The summed E-state index contributed by atoms with van der Waals surface area (Å²) >= 11 is 0. The van der Waals surface area contributed by atoms with Gasteiger partial charge in [0.05, 0.1) is 0 Å². The Morgan fingerprint density at radius 2 is 1.89 bits per heavy atom. The molecule has 2 rings (SSSR count). The van der Waals surface area contributed by atoms with E-state index in [1.54, 1.807) is 0 Å². The predicted octanol–water partition coefficient (Wildman–Crippen LogP) is 4.07. The first-order valence-corrected chi connectivity index (χ1v) is 7.70. The molecule has 106 valence electrons. The third kappa shape index (κ3) is 2.64. The average Bonchev–Trinajstić information content (AvgIpc) is 2.40. The van der Waals surface area contributed by atoms with Gasteiger partial charge < -0.3 is 5.11 Å². The zero-order valence-electron chi connectivity index (χ0n) is 12.6. The van der Waals surface area contributed by atoms with Crippen molar-refractivity contribution in [2.24, 2.45) is 0 Å². The molecule has 0 saturated carbocycles. The van der Waals surface area contributed by atoms with Crippen LogP contribution in [-0.4, -0.2) is 23.1 Å². The number of rotatable bonds is 5. The van der Waals surface area contributed by atoms with Crippen molar-refractivity contribution in [1.82, 2.24) is 4.90 Å². The molecule has 0 spiro atoms. The maximum atomic E-state index is 10.1. The Kier molecular flexibility index (Phi) is 4.51. The van der Waals surface area contributed by atoms with E-state index in [1.165, 1.54) is 36.8 Å². The van der Waals surface area contributed by atoms with Gasteiger partial charge in [-0.3, -0.25) is 4.90 Å². The Balaban J connectivity index is 2.41. The van der Waals surface area contributed by atoms with E-state index in [9.17, 15) is 5.11 Å². The van der Waals surface area contributed by atoms with Gasteiger partial charge in [0.25, 0.3) is 0 Å². The topological polar surface area (TPSA) is 23.5 Å². The molecule has 1 aliphatic carbocycles. The molecule has 1 aliphatic rings. The van der Waals surface area contributed by atoms with Gasteiger partial charge in [0, 0.05) is 5.54 Å². The van der Waals surface area contributed by atoms with Crippen LogP contribution in [0.15, 0.2) is 18.2 Å². The molecule has 1 aromatic carbocycles. The smallest absolute Gasteiger partial charge is 0.119 e. The van der Waals surface area contributed by atoms with Gasteiger partial charge in [-0.25, -0.2) is 0 Å². The second kappa shape index (κ2) is 5.96. The first-order valence-electron chi connectivity index (χ1n) is 7.70. The van der Waals surface area contributed by atoms with Gasteiger partial charge in [0.1, 0.15) is 5.75 Å². The van der Waals surface area contributed by atoms with Crippen LogP contribution in [-0.2, 0) is 12.0 Å². The second-order valence-corrected chi connectivity index (χ2v) is 5.92. The molecule has 0 aliphatic heterocycles. The quantitative estimate of drug-likeness (QED) is 0.863. The fraction of sp³-hybridized carbons (Fsp3) is 0.647. The number of phenolic OH excluding ortho intramolecular Hbond substituents is 1. The molecule has 2 heteroatoms. The van der Waals surface area contributed by atoms with Crippen LogP contribution >= 0.6 is 0 Å². The predicted molar refractivity (Wildman–Crippen MR) is 80.6 cm³/mol. The van der Waals surface area contributed by atoms with Crippen LogP contribution in [0.25, 0.3) is 0 Å². The number of hydrogen-bond donors (Lipinski definition) is 1.